The Balaban J connectivity index is 1.58. The van der Waals surface area contributed by atoms with Crippen molar-refractivity contribution in [2.24, 2.45) is 11.3 Å². The van der Waals surface area contributed by atoms with Gasteiger partial charge in [0.25, 0.3) is 0 Å². The number of halogens is 1. The number of alkyl halides is 1. The van der Waals surface area contributed by atoms with Crippen LogP contribution in [0.25, 0.3) is 59.9 Å². The van der Waals surface area contributed by atoms with E-state index >= 15 is 0 Å². The number of hydrogen-bond acceptors (Lipinski definition) is 2. The maximum absolute atomic E-state index is 5.06. The molecular weight excluding hydrogens is 637 g/mol. The number of rotatable bonds is 5. The van der Waals surface area contributed by atoms with Crippen molar-refractivity contribution in [3.05, 3.63) is 77.6 Å². The molecule has 0 radical (unpaired) electrons. The van der Waals surface area contributed by atoms with E-state index in [-0.39, 0.29) is 8.84 Å². The summed E-state index contributed by atoms with van der Waals surface area (Å²) in [5.74, 6) is 0.765. The third-order valence-electron chi connectivity index (χ3n) is 9.70. The lowest BCUT2D eigenvalue weighted by molar-refractivity contribution is 0.411. The van der Waals surface area contributed by atoms with Crippen molar-refractivity contribution in [3.63, 3.8) is 0 Å². The van der Waals surface area contributed by atoms with Crippen LogP contribution in [-0.2, 0) is 19.3 Å². The van der Waals surface area contributed by atoms with Crippen molar-refractivity contribution in [3.8, 4) is 0 Å². The summed E-state index contributed by atoms with van der Waals surface area (Å²) in [6.45, 7) is 11.7. The highest BCUT2D eigenvalue weighted by atomic mass is 127. The molecule has 0 bridgehead atoms. The molecule has 0 N–H and O–H groups in total. The molecule has 4 aromatic carbocycles. The summed E-state index contributed by atoms with van der Waals surface area (Å²) in [7, 11) is 0. The first kappa shape index (κ1) is 27.6. The number of hydrogen-bond donors (Lipinski definition) is 0. The molecule has 3 heterocycles. The zero-order chi connectivity index (χ0) is 29.7. The molecule has 0 amide bonds. The molecule has 8 rings (SSSR count). The molecule has 0 aliphatic heterocycles. The summed E-state index contributed by atoms with van der Waals surface area (Å²) in [5, 5.41) is 7.90. The molecular formula is C39H40IN3. The fraction of sp³-hybridized carbons (Fsp3) is 0.385. The van der Waals surface area contributed by atoms with Gasteiger partial charge >= 0.3 is 0 Å². The summed E-state index contributed by atoms with van der Waals surface area (Å²) in [6.07, 6.45) is 10.4. The highest BCUT2D eigenvalue weighted by Gasteiger charge is 2.27. The third-order valence-corrected chi connectivity index (χ3v) is 10.1. The Morgan fingerprint density at radius 1 is 0.814 bits per heavy atom. The zero-order valence-electron chi connectivity index (χ0n) is 26.0. The Kier molecular flexibility index (Phi) is 6.25. The summed E-state index contributed by atoms with van der Waals surface area (Å²) >= 11 is 2.64. The average molecular weight is 678 g/mol. The van der Waals surface area contributed by atoms with Gasteiger partial charge < -0.3 is 4.40 Å². The van der Waals surface area contributed by atoms with E-state index in [0.717, 1.165) is 36.2 Å². The number of pyridine rings is 1. The van der Waals surface area contributed by atoms with Gasteiger partial charge in [0, 0.05) is 19.6 Å². The lowest BCUT2D eigenvalue weighted by Crippen LogP contribution is -2.15. The molecule has 1 fully saturated rings. The van der Waals surface area contributed by atoms with Crippen LogP contribution in [0.4, 0.5) is 0 Å². The molecule has 0 spiro atoms. The maximum atomic E-state index is 5.06. The molecule has 4 heteroatoms. The van der Waals surface area contributed by atoms with E-state index in [4.69, 9.17) is 9.97 Å². The van der Waals surface area contributed by atoms with Crippen LogP contribution in [0.15, 0.2) is 60.9 Å². The van der Waals surface area contributed by atoms with Crippen LogP contribution in [0, 0.1) is 11.3 Å². The van der Waals surface area contributed by atoms with Gasteiger partial charge in [-0.05, 0) is 76.3 Å². The molecule has 7 aromatic rings. The Hall–Kier alpha value is -2.99. The predicted octanol–water partition coefficient (Wildman–Crippen LogP) is 11.0. The molecule has 0 atom stereocenters. The first-order valence-electron chi connectivity index (χ1n) is 16.0. The van der Waals surface area contributed by atoms with E-state index < -0.39 is 0 Å². The maximum Gasteiger partial charge on any atom is 0.116 e. The number of fused-ring (bicyclic) bond motifs is 7. The Morgan fingerprint density at radius 2 is 1.60 bits per heavy atom. The summed E-state index contributed by atoms with van der Waals surface area (Å²) < 4.78 is 2.70. The molecule has 218 valence electrons. The normalized spacial score (nSPS) is 15.5. The minimum absolute atomic E-state index is 0.0948. The van der Waals surface area contributed by atoms with E-state index in [1.54, 1.807) is 6.33 Å². The molecule has 1 aliphatic carbocycles. The highest BCUT2D eigenvalue weighted by Crippen LogP contribution is 2.46. The van der Waals surface area contributed by atoms with Gasteiger partial charge in [0.1, 0.15) is 6.33 Å². The van der Waals surface area contributed by atoms with Crippen molar-refractivity contribution in [1.29, 1.82) is 0 Å². The van der Waals surface area contributed by atoms with Gasteiger partial charge in [-0.2, -0.15) is 0 Å². The lowest BCUT2D eigenvalue weighted by Gasteiger charge is -2.23. The molecule has 3 nitrogen and oxygen atoms in total. The van der Waals surface area contributed by atoms with Gasteiger partial charge in [-0.25, -0.2) is 9.97 Å². The van der Waals surface area contributed by atoms with Crippen molar-refractivity contribution >= 4 is 82.5 Å². The Bertz CT molecular complexity index is 2190. The second kappa shape index (κ2) is 9.76. The number of para-hydroxylation sites is 1. The van der Waals surface area contributed by atoms with Gasteiger partial charge in [0.2, 0.25) is 0 Å². The first-order valence-corrected chi connectivity index (χ1v) is 17.1. The van der Waals surface area contributed by atoms with Crippen molar-refractivity contribution < 1.29 is 0 Å². The molecule has 1 aliphatic rings. The third kappa shape index (κ3) is 4.58. The van der Waals surface area contributed by atoms with Gasteiger partial charge in [-0.3, -0.25) is 0 Å². The van der Waals surface area contributed by atoms with E-state index in [1.165, 1.54) is 91.2 Å². The topological polar surface area (TPSA) is 30.2 Å². The Labute approximate surface area is 267 Å². The molecule has 3 aromatic heterocycles. The Morgan fingerprint density at radius 3 is 2.37 bits per heavy atom. The largest absolute Gasteiger partial charge is 0.307 e. The number of aromatic nitrogens is 3. The highest BCUT2D eigenvalue weighted by molar-refractivity contribution is 14.1. The minimum atomic E-state index is 0.0948. The van der Waals surface area contributed by atoms with Crippen LogP contribution >= 0.6 is 22.6 Å². The fourth-order valence-corrected chi connectivity index (χ4v) is 8.56. The van der Waals surface area contributed by atoms with Crippen LogP contribution in [0.2, 0.25) is 0 Å². The smallest absolute Gasteiger partial charge is 0.116 e. The average Bonchev–Trinajstić information content (AvgIpc) is 3.57. The summed E-state index contributed by atoms with van der Waals surface area (Å²) in [4.78, 5) is 9.98. The van der Waals surface area contributed by atoms with Crippen molar-refractivity contribution in [2.75, 3.05) is 0 Å². The van der Waals surface area contributed by atoms with Crippen LogP contribution in [0.1, 0.15) is 77.0 Å². The van der Waals surface area contributed by atoms with Crippen molar-refractivity contribution in [1.82, 2.24) is 14.4 Å². The quantitative estimate of drug-likeness (QED) is 0.0786. The van der Waals surface area contributed by atoms with Crippen LogP contribution in [0.5, 0.6) is 0 Å². The van der Waals surface area contributed by atoms with Gasteiger partial charge in [-0.15, -0.1) is 0 Å². The summed E-state index contributed by atoms with van der Waals surface area (Å²) in [5.41, 5.74) is 10.6. The van der Waals surface area contributed by atoms with Gasteiger partial charge in [-0.1, -0.05) is 119 Å². The fourth-order valence-electron chi connectivity index (χ4n) is 8.18. The van der Waals surface area contributed by atoms with E-state index in [0.29, 0.717) is 0 Å². The first-order chi connectivity index (χ1) is 20.6. The van der Waals surface area contributed by atoms with Crippen molar-refractivity contribution in [2.45, 2.75) is 83.0 Å². The van der Waals surface area contributed by atoms with Gasteiger partial charge in [0.15, 0.2) is 0 Å². The predicted molar refractivity (Wildman–Crippen MR) is 192 cm³/mol. The van der Waals surface area contributed by atoms with Gasteiger partial charge in [0.05, 0.1) is 33.0 Å². The van der Waals surface area contributed by atoms with E-state index in [1.807, 2.05) is 0 Å². The standard InChI is InChI=1S/C39H40IN3/c1-38(2,3)20-24-14-15-27-25(17-24)18-29-35-34-31(41-22-42-35)19-26(16-23-10-6-7-11-23)33-28-12-8-9-13-32(28)43(37(33)34)36(29)30(27)21-39(4,5)40/h8-9,12-15,17-19,22-23H,6-7,10-11,16,20-21H2,1-5H3. The van der Waals surface area contributed by atoms with Crippen LogP contribution in [-0.4, -0.2) is 17.8 Å². The number of nitrogens with zero attached hydrogens (tertiary/aromatic N) is 3. The van der Waals surface area contributed by atoms with Crippen LogP contribution < -0.4 is 0 Å². The molecule has 1 saturated carbocycles. The molecule has 43 heavy (non-hydrogen) atoms. The second-order valence-corrected chi connectivity index (χ2v) is 17.9. The second-order valence-electron chi connectivity index (χ2n) is 15.0. The molecule has 0 saturated heterocycles. The van der Waals surface area contributed by atoms with E-state index in [9.17, 15) is 0 Å². The lowest BCUT2D eigenvalue weighted by atomic mass is 9.86. The van der Waals surface area contributed by atoms with Crippen LogP contribution in [0.3, 0.4) is 0 Å². The monoisotopic (exact) mass is 677 g/mol. The number of benzene rings is 4. The van der Waals surface area contributed by atoms with E-state index in [2.05, 4.69) is 116 Å². The molecule has 0 unspecified atom stereocenters. The summed E-state index contributed by atoms with van der Waals surface area (Å²) in [6, 6.07) is 21.1. The zero-order valence-corrected chi connectivity index (χ0v) is 28.2. The minimum Gasteiger partial charge on any atom is -0.307 e. The SMILES string of the molecule is CC(C)(C)Cc1ccc2c(CC(C)(C)I)c3c(cc2c1)c1ncnc2cc(CC4CCCC4)c4c5ccccc5n3c4c21.